The maximum absolute atomic E-state index is 13.3. The zero-order chi connectivity index (χ0) is 11.3. The molecule has 1 aromatic carbocycles. The minimum absolute atomic E-state index is 0.185. The van der Waals surface area contributed by atoms with Crippen molar-refractivity contribution in [3.63, 3.8) is 0 Å². The van der Waals surface area contributed by atoms with Crippen LogP contribution in [0.4, 0.5) is 4.39 Å². The van der Waals surface area contributed by atoms with E-state index in [9.17, 15) is 4.39 Å². The Hall–Kier alpha value is -1.04. The molecule has 0 spiro atoms. The summed E-state index contributed by atoms with van der Waals surface area (Å²) in [6.45, 7) is 2.43. The third-order valence-corrected chi connectivity index (χ3v) is 2.32. The predicted octanol–water partition coefficient (Wildman–Crippen LogP) is 2.98. The zero-order valence-corrected chi connectivity index (χ0v) is 9.31. The number of nitrogens with one attached hydrogen (secondary N) is 1. The summed E-state index contributed by atoms with van der Waals surface area (Å²) in [5.41, 5.74) is 0.600. The van der Waals surface area contributed by atoms with Crippen molar-refractivity contribution in [2.45, 2.75) is 25.9 Å². The highest BCUT2D eigenvalue weighted by Gasteiger charge is 2.04. The largest absolute Gasteiger partial charge is 0.309 e. The van der Waals surface area contributed by atoms with Gasteiger partial charge < -0.3 is 5.32 Å². The smallest absolute Gasteiger partial charge is 0.129 e. The summed E-state index contributed by atoms with van der Waals surface area (Å²) in [4.78, 5) is 0. The van der Waals surface area contributed by atoms with Gasteiger partial charge in [0.2, 0.25) is 0 Å². The molecular formula is C12H13ClFN. The average molecular weight is 226 g/mol. The predicted molar refractivity (Wildman–Crippen MR) is 61.2 cm³/mol. The second-order valence-corrected chi connectivity index (χ2v) is 3.86. The first kappa shape index (κ1) is 12.0. The highest BCUT2D eigenvalue weighted by atomic mass is 35.5. The van der Waals surface area contributed by atoms with Crippen molar-refractivity contribution in [3.05, 3.63) is 34.6 Å². The van der Waals surface area contributed by atoms with Gasteiger partial charge >= 0.3 is 0 Å². The van der Waals surface area contributed by atoms with Gasteiger partial charge in [-0.1, -0.05) is 17.7 Å². The molecule has 0 amide bonds. The van der Waals surface area contributed by atoms with Crippen LogP contribution in [-0.4, -0.2) is 6.04 Å². The average Bonchev–Trinajstić information content (AvgIpc) is 2.17. The first-order valence-electron chi connectivity index (χ1n) is 4.74. The van der Waals surface area contributed by atoms with E-state index in [2.05, 4.69) is 11.2 Å². The van der Waals surface area contributed by atoms with Crippen LogP contribution in [0.1, 0.15) is 18.9 Å². The Labute approximate surface area is 94.6 Å². The molecule has 1 N–H and O–H groups in total. The molecule has 0 aliphatic heterocycles. The number of benzene rings is 1. The molecule has 1 rings (SSSR count). The van der Waals surface area contributed by atoms with Crippen LogP contribution in [0.5, 0.6) is 0 Å². The van der Waals surface area contributed by atoms with E-state index in [4.69, 9.17) is 18.0 Å². The van der Waals surface area contributed by atoms with E-state index in [-0.39, 0.29) is 11.9 Å². The lowest BCUT2D eigenvalue weighted by Crippen LogP contribution is -2.25. The van der Waals surface area contributed by atoms with E-state index >= 15 is 0 Å². The molecule has 1 aromatic rings. The van der Waals surface area contributed by atoms with Crippen LogP contribution < -0.4 is 5.32 Å². The molecule has 1 nitrogen and oxygen atoms in total. The first-order chi connectivity index (χ1) is 7.13. The number of terminal acetylenes is 1. The highest BCUT2D eigenvalue weighted by molar-refractivity contribution is 6.30. The van der Waals surface area contributed by atoms with E-state index in [0.717, 1.165) is 0 Å². The maximum Gasteiger partial charge on any atom is 0.129 e. The van der Waals surface area contributed by atoms with Crippen LogP contribution in [0.3, 0.4) is 0 Å². The summed E-state index contributed by atoms with van der Waals surface area (Å²) in [5.74, 6) is 2.26. The lowest BCUT2D eigenvalue weighted by molar-refractivity contribution is 0.535. The van der Waals surface area contributed by atoms with E-state index in [1.54, 1.807) is 12.1 Å². The Morgan fingerprint density at radius 1 is 1.60 bits per heavy atom. The lowest BCUT2D eigenvalue weighted by Gasteiger charge is -2.11. The Bertz CT molecular complexity index is 370. The fraction of sp³-hybridized carbons (Fsp3) is 0.333. The molecule has 0 bridgehead atoms. The summed E-state index contributed by atoms with van der Waals surface area (Å²) >= 11 is 5.64. The fourth-order valence-electron chi connectivity index (χ4n) is 1.20. The van der Waals surface area contributed by atoms with E-state index < -0.39 is 0 Å². The van der Waals surface area contributed by atoms with E-state index in [1.165, 1.54) is 6.07 Å². The van der Waals surface area contributed by atoms with Crippen molar-refractivity contribution in [3.8, 4) is 12.3 Å². The third-order valence-electron chi connectivity index (χ3n) is 2.08. The van der Waals surface area contributed by atoms with Gasteiger partial charge in [-0.25, -0.2) is 4.39 Å². The van der Waals surface area contributed by atoms with Crippen LogP contribution in [0.2, 0.25) is 5.02 Å². The van der Waals surface area contributed by atoms with Crippen LogP contribution in [0.15, 0.2) is 18.2 Å². The van der Waals surface area contributed by atoms with Crippen LogP contribution in [0, 0.1) is 18.2 Å². The van der Waals surface area contributed by atoms with Gasteiger partial charge in [0.05, 0.1) is 0 Å². The minimum atomic E-state index is -0.289. The van der Waals surface area contributed by atoms with Crippen molar-refractivity contribution in [1.82, 2.24) is 5.32 Å². The van der Waals surface area contributed by atoms with Crippen LogP contribution in [-0.2, 0) is 6.54 Å². The van der Waals surface area contributed by atoms with Gasteiger partial charge in [0.25, 0.3) is 0 Å². The summed E-state index contributed by atoms with van der Waals surface area (Å²) in [7, 11) is 0. The molecule has 0 radical (unpaired) electrons. The van der Waals surface area contributed by atoms with Crippen molar-refractivity contribution in [2.75, 3.05) is 0 Å². The molecule has 3 heteroatoms. The molecule has 0 fully saturated rings. The number of rotatable bonds is 4. The lowest BCUT2D eigenvalue weighted by atomic mass is 10.2. The minimum Gasteiger partial charge on any atom is -0.309 e. The molecule has 15 heavy (non-hydrogen) atoms. The van der Waals surface area contributed by atoms with Crippen LogP contribution in [0.25, 0.3) is 0 Å². The summed E-state index contributed by atoms with van der Waals surface area (Å²) in [5, 5.41) is 3.54. The third kappa shape index (κ3) is 3.91. The second kappa shape index (κ2) is 5.75. The molecule has 0 saturated carbocycles. The van der Waals surface area contributed by atoms with Crippen molar-refractivity contribution >= 4 is 11.6 Å². The molecule has 1 atom stereocenters. The van der Waals surface area contributed by atoms with Gasteiger partial charge in [-0.2, -0.15) is 0 Å². The monoisotopic (exact) mass is 225 g/mol. The number of hydrogen-bond donors (Lipinski definition) is 1. The van der Waals surface area contributed by atoms with E-state index in [1.807, 2.05) is 6.92 Å². The highest BCUT2D eigenvalue weighted by Crippen LogP contribution is 2.14. The SMILES string of the molecule is C#CCC(C)NCc1ccc(Cl)cc1F. The Morgan fingerprint density at radius 3 is 2.93 bits per heavy atom. The molecular weight excluding hydrogens is 213 g/mol. The zero-order valence-electron chi connectivity index (χ0n) is 8.56. The molecule has 1 unspecified atom stereocenters. The molecule has 0 heterocycles. The maximum atomic E-state index is 13.3. The normalized spacial score (nSPS) is 12.1. The first-order valence-corrected chi connectivity index (χ1v) is 5.12. The quantitative estimate of drug-likeness (QED) is 0.777. The van der Waals surface area contributed by atoms with Gasteiger partial charge in [-0.15, -0.1) is 12.3 Å². The second-order valence-electron chi connectivity index (χ2n) is 3.43. The molecule has 0 aliphatic rings. The summed E-state index contributed by atoms with van der Waals surface area (Å²) in [6, 6.07) is 4.84. The molecule has 0 aromatic heterocycles. The van der Waals surface area contributed by atoms with Gasteiger partial charge in [0.15, 0.2) is 0 Å². The summed E-state index contributed by atoms with van der Waals surface area (Å²) in [6.07, 6.45) is 5.80. The van der Waals surface area contributed by atoms with Gasteiger partial charge in [0.1, 0.15) is 5.82 Å². The van der Waals surface area contributed by atoms with Crippen LogP contribution >= 0.6 is 11.6 Å². The Morgan fingerprint density at radius 2 is 2.33 bits per heavy atom. The fourth-order valence-corrected chi connectivity index (χ4v) is 1.36. The molecule has 80 valence electrons. The number of hydrogen-bond acceptors (Lipinski definition) is 1. The molecule has 0 aliphatic carbocycles. The van der Waals surface area contributed by atoms with Gasteiger partial charge in [-0.3, -0.25) is 0 Å². The molecule has 0 saturated heterocycles. The van der Waals surface area contributed by atoms with E-state index in [0.29, 0.717) is 23.6 Å². The summed E-state index contributed by atoms with van der Waals surface area (Å²) < 4.78 is 13.3. The van der Waals surface area contributed by atoms with Gasteiger partial charge in [0, 0.05) is 29.6 Å². The van der Waals surface area contributed by atoms with Crippen molar-refractivity contribution in [1.29, 1.82) is 0 Å². The van der Waals surface area contributed by atoms with Crippen molar-refractivity contribution < 1.29 is 4.39 Å². The number of halogens is 2. The Kier molecular flexibility index (Phi) is 4.61. The van der Waals surface area contributed by atoms with Gasteiger partial charge in [-0.05, 0) is 19.1 Å². The van der Waals surface area contributed by atoms with Crippen molar-refractivity contribution in [2.24, 2.45) is 0 Å². The Balaban J connectivity index is 2.55. The standard InChI is InChI=1S/C12H13ClFN/c1-3-4-9(2)15-8-10-5-6-11(13)7-12(10)14/h1,5-7,9,15H,4,8H2,2H3. The topological polar surface area (TPSA) is 12.0 Å².